The zero-order valence-corrected chi connectivity index (χ0v) is 19.4. The molecule has 0 unspecified atom stereocenters. The highest BCUT2D eigenvalue weighted by Crippen LogP contribution is 2.23. The molecule has 2 N–H and O–H groups in total. The summed E-state index contributed by atoms with van der Waals surface area (Å²) in [5.41, 5.74) is 2.31. The van der Waals surface area contributed by atoms with E-state index < -0.39 is 18.2 Å². The first-order valence-corrected chi connectivity index (χ1v) is 10.9. The highest BCUT2D eigenvalue weighted by atomic mass is 35.5. The number of benzene rings is 2. The molecule has 32 heavy (non-hydrogen) atoms. The summed E-state index contributed by atoms with van der Waals surface area (Å²) in [6.45, 7) is 6.50. The van der Waals surface area contributed by atoms with E-state index in [1.165, 1.54) is 0 Å². The monoisotopic (exact) mass is 463 g/mol. The number of aliphatic carboxylic acids is 1. The number of carboxylic acid groups (broad SMARTS) is 1. The fourth-order valence-corrected chi connectivity index (χ4v) is 3.15. The molecule has 2 aromatic carbocycles. The Bertz CT molecular complexity index is 902. The van der Waals surface area contributed by atoms with Gasteiger partial charge in [0.15, 0.2) is 6.10 Å². The first-order valence-electron chi connectivity index (χ1n) is 10.6. The van der Waals surface area contributed by atoms with Crippen LogP contribution in [0.3, 0.4) is 0 Å². The van der Waals surface area contributed by atoms with E-state index in [0.29, 0.717) is 22.9 Å². The molecule has 2 aromatic rings. The van der Waals surface area contributed by atoms with E-state index >= 15 is 0 Å². The van der Waals surface area contributed by atoms with Gasteiger partial charge < -0.3 is 24.6 Å². The fourth-order valence-electron chi connectivity index (χ4n) is 2.93. The number of rotatable bonds is 12. The maximum absolute atomic E-state index is 12.1. The van der Waals surface area contributed by atoms with Crippen molar-refractivity contribution in [3.63, 3.8) is 0 Å². The number of carbonyl (C=O) groups is 2. The van der Waals surface area contributed by atoms with Crippen molar-refractivity contribution in [3.05, 3.63) is 64.2 Å². The molecule has 0 saturated heterocycles. The maximum Gasteiger partial charge on any atom is 0.407 e. The van der Waals surface area contributed by atoms with Crippen LogP contribution in [-0.4, -0.2) is 36.0 Å². The SMILES string of the molecule is CCCOc1ccc(COC(=O)NCc2cccc(C[C@H](OC(C)C)C(=O)O)c2)c(Cl)c1. The van der Waals surface area contributed by atoms with Gasteiger partial charge in [-0.2, -0.15) is 0 Å². The average molecular weight is 464 g/mol. The zero-order valence-electron chi connectivity index (χ0n) is 18.6. The molecule has 2 rings (SSSR count). The van der Waals surface area contributed by atoms with E-state index in [1.54, 1.807) is 32.0 Å². The molecule has 0 radical (unpaired) electrons. The number of ether oxygens (including phenoxy) is 3. The van der Waals surface area contributed by atoms with Crippen molar-refractivity contribution >= 4 is 23.7 Å². The molecule has 7 nitrogen and oxygen atoms in total. The van der Waals surface area contributed by atoms with Crippen LogP contribution in [0.5, 0.6) is 5.75 Å². The molecule has 174 valence electrons. The number of carbonyl (C=O) groups excluding carboxylic acids is 1. The predicted octanol–water partition coefficient (Wildman–Crippen LogP) is 4.98. The summed E-state index contributed by atoms with van der Waals surface area (Å²) in [5, 5.41) is 12.5. The predicted molar refractivity (Wildman–Crippen MR) is 122 cm³/mol. The number of amides is 1. The minimum absolute atomic E-state index is 0.0333. The Balaban J connectivity index is 1.85. The molecule has 0 bridgehead atoms. The second-order valence-electron chi connectivity index (χ2n) is 7.57. The smallest absolute Gasteiger partial charge is 0.407 e. The Hall–Kier alpha value is -2.77. The molecule has 0 aliphatic carbocycles. The highest BCUT2D eigenvalue weighted by molar-refractivity contribution is 6.31. The van der Waals surface area contributed by atoms with Crippen LogP contribution in [-0.2, 0) is 33.8 Å². The molecule has 0 spiro atoms. The second-order valence-corrected chi connectivity index (χ2v) is 7.97. The van der Waals surface area contributed by atoms with Crippen LogP contribution in [0.4, 0.5) is 4.79 Å². The van der Waals surface area contributed by atoms with E-state index in [9.17, 15) is 14.7 Å². The molecule has 0 aliphatic heterocycles. The number of nitrogens with one attached hydrogen (secondary N) is 1. The molecule has 0 heterocycles. The average Bonchev–Trinajstić information content (AvgIpc) is 2.75. The second kappa shape index (κ2) is 12.9. The lowest BCUT2D eigenvalue weighted by atomic mass is 10.0. The van der Waals surface area contributed by atoms with Crippen molar-refractivity contribution in [3.8, 4) is 5.75 Å². The third kappa shape index (κ3) is 8.77. The topological polar surface area (TPSA) is 94.1 Å². The molecule has 0 aliphatic rings. The van der Waals surface area contributed by atoms with Gasteiger partial charge in [-0.1, -0.05) is 48.9 Å². The van der Waals surface area contributed by atoms with Gasteiger partial charge in [0.1, 0.15) is 12.4 Å². The van der Waals surface area contributed by atoms with Gasteiger partial charge in [-0.3, -0.25) is 0 Å². The molecular weight excluding hydrogens is 434 g/mol. The van der Waals surface area contributed by atoms with E-state index in [-0.39, 0.29) is 25.7 Å². The van der Waals surface area contributed by atoms with Gasteiger partial charge in [-0.15, -0.1) is 0 Å². The lowest BCUT2D eigenvalue weighted by Gasteiger charge is -2.17. The van der Waals surface area contributed by atoms with E-state index in [0.717, 1.165) is 17.5 Å². The first kappa shape index (κ1) is 25.5. The van der Waals surface area contributed by atoms with Crippen LogP contribution in [0.25, 0.3) is 0 Å². The molecule has 0 aromatic heterocycles. The van der Waals surface area contributed by atoms with Gasteiger partial charge >= 0.3 is 12.1 Å². The lowest BCUT2D eigenvalue weighted by Crippen LogP contribution is -2.29. The Kier molecular flexibility index (Phi) is 10.3. The Labute approximate surface area is 193 Å². The number of alkyl carbamates (subject to hydrolysis) is 1. The highest BCUT2D eigenvalue weighted by Gasteiger charge is 2.20. The van der Waals surface area contributed by atoms with Crippen molar-refractivity contribution in [1.29, 1.82) is 0 Å². The van der Waals surface area contributed by atoms with Gasteiger partial charge in [0.05, 0.1) is 17.7 Å². The number of halogens is 1. The minimum Gasteiger partial charge on any atom is -0.494 e. The van der Waals surface area contributed by atoms with E-state index in [2.05, 4.69) is 5.32 Å². The van der Waals surface area contributed by atoms with Crippen molar-refractivity contribution in [2.45, 2.75) is 59.0 Å². The van der Waals surface area contributed by atoms with Crippen LogP contribution < -0.4 is 10.1 Å². The van der Waals surface area contributed by atoms with E-state index in [1.807, 2.05) is 31.2 Å². The minimum atomic E-state index is -1.01. The first-order chi connectivity index (χ1) is 15.3. The molecular formula is C24H30ClNO6. The van der Waals surface area contributed by atoms with Crippen molar-refractivity contribution in [2.24, 2.45) is 0 Å². The Morgan fingerprint density at radius 3 is 2.53 bits per heavy atom. The zero-order chi connectivity index (χ0) is 23.5. The summed E-state index contributed by atoms with van der Waals surface area (Å²) >= 11 is 6.23. The summed E-state index contributed by atoms with van der Waals surface area (Å²) in [4.78, 5) is 23.5. The molecule has 8 heteroatoms. The summed E-state index contributed by atoms with van der Waals surface area (Å²) in [6.07, 6.45) is -0.556. The van der Waals surface area contributed by atoms with Crippen LogP contribution >= 0.6 is 11.6 Å². The number of hydrogen-bond acceptors (Lipinski definition) is 5. The Morgan fingerprint density at radius 2 is 1.88 bits per heavy atom. The third-order valence-electron chi connectivity index (χ3n) is 4.42. The lowest BCUT2D eigenvalue weighted by molar-refractivity contribution is -0.153. The Morgan fingerprint density at radius 1 is 1.12 bits per heavy atom. The van der Waals surface area contributed by atoms with Crippen LogP contribution in [0.15, 0.2) is 42.5 Å². The van der Waals surface area contributed by atoms with Crippen molar-refractivity contribution < 1.29 is 28.9 Å². The van der Waals surface area contributed by atoms with Crippen molar-refractivity contribution in [2.75, 3.05) is 6.61 Å². The van der Waals surface area contributed by atoms with Gasteiger partial charge in [0, 0.05) is 18.5 Å². The molecule has 1 atom stereocenters. The largest absolute Gasteiger partial charge is 0.494 e. The van der Waals surface area contributed by atoms with Crippen LogP contribution in [0.1, 0.15) is 43.9 Å². The number of hydrogen-bond donors (Lipinski definition) is 2. The summed E-state index contributed by atoms with van der Waals surface area (Å²) < 4.78 is 16.2. The standard InChI is InChI=1S/C24H30ClNO6/c1-4-10-30-20-9-8-19(21(25)13-20)15-31-24(29)26-14-18-7-5-6-17(11-18)12-22(23(27)28)32-16(2)3/h5-9,11,13,16,22H,4,10,12,14-15H2,1-3H3,(H,26,29)(H,27,28)/t22-/m0/s1. The fraction of sp³-hybridized carbons (Fsp3) is 0.417. The number of carboxylic acids is 1. The van der Waals surface area contributed by atoms with E-state index in [4.69, 9.17) is 25.8 Å². The molecule has 0 fully saturated rings. The van der Waals surface area contributed by atoms with Gasteiger partial charge in [0.25, 0.3) is 0 Å². The van der Waals surface area contributed by atoms with Crippen LogP contribution in [0.2, 0.25) is 5.02 Å². The normalized spacial score (nSPS) is 11.8. The summed E-state index contributed by atoms with van der Waals surface area (Å²) in [7, 11) is 0. The quantitative estimate of drug-likeness (QED) is 0.461. The van der Waals surface area contributed by atoms with Gasteiger partial charge in [-0.25, -0.2) is 9.59 Å². The molecule has 1 amide bonds. The molecule has 0 saturated carbocycles. The summed E-state index contributed by atoms with van der Waals surface area (Å²) in [6, 6.07) is 12.6. The maximum atomic E-state index is 12.1. The van der Waals surface area contributed by atoms with Gasteiger partial charge in [0.2, 0.25) is 0 Å². The van der Waals surface area contributed by atoms with Gasteiger partial charge in [-0.05, 0) is 43.5 Å². The summed E-state index contributed by atoms with van der Waals surface area (Å²) in [5.74, 6) is -0.330. The van der Waals surface area contributed by atoms with Crippen molar-refractivity contribution in [1.82, 2.24) is 5.32 Å². The third-order valence-corrected chi connectivity index (χ3v) is 4.77. The van der Waals surface area contributed by atoms with Crippen LogP contribution in [0, 0.1) is 0 Å².